The molecule has 3 N–H and O–H groups in total. The van der Waals surface area contributed by atoms with Gasteiger partial charge in [0.05, 0.1) is 28.0 Å². The first-order chi connectivity index (χ1) is 9.78. The number of nitrogens with two attached hydrogens (primary N) is 1. The van der Waals surface area contributed by atoms with Gasteiger partial charge in [0, 0.05) is 0 Å². The molecule has 0 aliphatic heterocycles. The standard InChI is InChI=1S/C10H16N5O5P/c1-14-6-15(4-2-3-5-20-21(17,18)19)8-7(14)9(16)13-10(11)12-8/h6H,2-5H2,1H3,(H4-,11,12,13,16,17,18,19)/p-1. The first kappa shape index (κ1) is 15.6. The Bertz CT molecular complexity index is 748. The van der Waals surface area contributed by atoms with Crippen LogP contribution in [0.2, 0.25) is 0 Å². The van der Waals surface area contributed by atoms with Crippen molar-refractivity contribution in [1.82, 2.24) is 14.5 Å². The number of aryl methyl sites for hydroxylation is 2. The minimum Gasteiger partial charge on any atom is -0.790 e. The molecule has 2 aromatic heterocycles. The summed E-state index contributed by atoms with van der Waals surface area (Å²) in [4.78, 5) is 38.9. The zero-order valence-electron chi connectivity index (χ0n) is 11.3. The highest BCUT2D eigenvalue weighted by Crippen LogP contribution is 2.24. The Balaban J connectivity index is 2.06. The van der Waals surface area contributed by atoms with Crippen molar-refractivity contribution in [2.75, 3.05) is 12.3 Å². The molecular weight excluding hydrogens is 301 g/mol. The van der Waals surface area contributed by atoms with E-state index in [1.165, 1.54) is 0 Å². The normalized spacial score (nSPS) is 12.1. The van der Waals surface area contributed by atoms with Crippen LogP contribution >= 0.6 is 7.82 Å². The third kappa shape index (κ3) is 3.88. The van der Waals surface area contributed by atoms with E-state index in [-0.39, 0.29) is 18.1 Å². The molecule has 0 aliphatic rings. The molecular formula is C10H15N5O5P-. The third-order valence-electron chi connectivity index (χ3n) is 2.87. The molecule has 0 spiro atoms. The molecule has 0 atom stereocenters. The molecule has 2 rings (SSSR count). The zero-order valence-corrected chi connectivity index (χ0v) is 12.2. The monoisotopic (exact) mass is 316 g/mol. The average Bonchev–Trinajstić information content (AvgIpc) is 2.64. The van der Waals surface area contributed by atoms with Gasteiger partial charge in [0.15, 0.2) is 6.33 Å². The van der Waals surface area contributed by atoms with E-state index < -0.39 is 7.82 Å². The first-order valence-corrected chi connectivity index (χ1v) is 7.65. The number of nitrogens with one attached hydrogen (secondary N) is 1. The number of hydrogen-bond donors (Lipinski definition) is 2. The minimum atomic E-state index is -4.91. The molecule has 0 unspecified atom stereocenters. The number of rotatable bonds is 6. The van der Waals surface area contributed by atoms with Gasteiger partial charge in [0.2, 0.25) is 5.52 Å². The maximum absolute atomic E-state index is 11.8. The second-order valence-corrected chi connectivity index (χ2v) is 5.68. The Morgan fingerprint density at radius 2 is 2.24 bits per heavy atom. The van der Waals surface area contributed by atoms with E-state index in [0.29, 0.717) is 30.6 Å². The molecule has 21 heavy (non-hydrogen) atoms. The number of aromatic nitrogens is 4. The summed E-state index contributed by atoms with van der Waals surface area (Å²) < 4.78 is 17.8. The van der Waals surface area contributed by atoms with Gasteiger partial charge in [0.25, 0.3) is 11.5 Å². The van der Waals surface area contributed by atoms with E-state index in [1.807, 2.05) is 0 Å². The zero-order chi connectivity index (χ0) is 15.6. The van der Waals surface area contributed by atoms with Crippen LogP contribution in [0.15, 0.2) is 11.1 Å². The highest BCUT2D eigenvalue weighted by molar-refractivity contribution is 7.43. The van der Waals surface area contributed by atoms with E-state index in [2.05, 4.69) is 14.5 Å². The van der Waals surface area contributed by atoms with Crippen molar-refractivity contribution in [3.63, 3.8) is 0 Å². The van der Waals surface area contributed by atoms with Crippen LogP contribution in [0.5, 0.6) is 0 Å². The number of phosphoric ester groups is 1. The van der Waals surface area contributed by atoms with Crippen molar-refractivity contribution < 1.29 is 23.4 Å². The van der Waals surface area contributed by atoms with E-state index in [1.54, 1.807) is 22.5 Å². The van der Waals surface area contributed by atoms with Gasteiger partial charge < -0.3 is 24.6 Å². The lowest BCUT2D eigenvalue weighted by Gasteiger charge is -2.28. The molecule has 0 aliphatic carbocycles. The average molecular weight is 316 g/mol. The van der Waals surface area contributed by atoms with Crippen LogP contribution in [0.1, 0.15) is 12.8 Å². The van der Waals surface area contributed by atoms with Crippen molar-refractivity contribution in [1.29, 1.82) is 0 Å². The maximum atomic E-state index is 11.8. The Hall–Kier alpha value is -1.74. The summed E-state index contributed by atoms with van der Waals surface area (Å²) in [5, 5.41) is 0. The van der Waals surface area contributed by atoms with Crippen LogP contribution in [0.3, 0.4) is 0 Å². The van der Waals surface area contributed by atoms with Crippen molar-refractivity contribution in [2.45, 2.75) is 19.4 Å². The summed E-state index contributed by atoms with van der Waals surface area (Å²) in [7, 11) is -3.20. The number of H-pyrrole nitrogens is 1. The molecule has 11 heteroatoms. The molecule has 2 aromatic rings. The maximum Gasteiger partial charge on any atom is 0.311 e. The molecule has 0 amide bonds. The lowest BCUT2D eigenvalue weighted by molar-refractivity contribution is -0.674. The second-order valence-electron chi connectivity index (χ2n) is 4.53. The summed E-state index contributed by atoms with van der Waals surface area (Å²) in [6.45, 7) is 0.324. The number of unbranched alkanes of at least 4 members (excludes halogenated alkanes) is 1. The lowest BCUT2D eigenvalue weighted by atomic mass is 10.3. The SMILES string of the molecule is Cn1c[n+](CCCCOP(=O)([O-])[O-])c2nc(N)[nH]c(=O)c21. The summed E-state index contributed by atoms with van der Waals surface area (Å²) in [6, 6.07) is 0. The van der Waals surface area contributed by atoms with Crippen LogP contribution in [0, 0.1) is 0 Å². The van der Waals surface area contributed by atoms with Gasteiger partial charge in [-0.1, -0.05) is 4.98 Å². The number of imidazole rings is 1. The van der Waals surface area contributed by atoms with Crippen LogP contribution in [-0.4, -0.2) is 21.1 Å². The van der Waals surface area contributed by atoms with Gasteiger partial charge in [-0.05, 0) is 12.8 Å². The minimum absolute atomic E-state index is 0.0226. The van der Waals surface area contributed by atoms with Crippen LogP contribution in [0.4, 0.5) is 5.95 Å². The highest BCUT2D eigenvalue weighted by Gasteiger charge is 2.18. The molecule has 2 heterocycles. The summed E-state index contributed by atoms with van der Waals surface area (Å²) >= 11 is 0. The van der Waals surface area contributed by atoms with E-state index in [9.17, 15) is 19.1 Å². The number of nitrogen functional groups attached to an aromatic ring is 1. The fraction of sp³-hybridized carbons (Fsp3) is 0.500. The van der Waals surface area contributed by atoms with E-state index >= 15 is 0 Å². The smallest absolute Gasteiger partial charge is 0.311 e. The third-order valence-corrected chi connectivity index (χ3v) is 3.37. The van der Waals surface area contributed by atoms with Crippen LogP contribution < -0.4 is 25.6 Å². The second kappa shape index (κ2) is 5.94. The molecule has 0 fully saturated rings. The van der Waals surface area contributed by atoms with Gasteiger partial charge in [0.1, 0.15) is 0 Å². The number of aromatic amines is 1. The molecule has 0 saturated carbocycles. The number of nitrogens with zero attached hydrogens (tertiary/aromatic N) is 3. The topological polar surface area (TPSA) is 153 Å². The van der Waals surface area contributed by atoms with Gasteiger partial charge in [-0.2, -0.15) is 0 Å². The van der Waals surface area contributed by atoms with E-state index in [0.717, 1.165) is 0 Å². The van der Waals surface area contributed by atoms with Gasteiger partial charge in [-0.25, -0.2) is 4.57 Å². The number of fused-ring (bicyclic) bond motifs is 1. The van der Waals surface area contributed by atoms with Crippen molar-refractivity contribution in [3.05, 3.63) is 16.7 Å². The summed E-state index contributed by atoms with van der Waals surface area (Å²) in [5.41, 5.74) is 6.02. The molecule has 10 nitrogen and oxygen atoms in total. The predicted molar refractivity (Wildman–Crippen MR) is 68.7 cm³/mol. The molecule has 0 bridgehead atoms. The first-order valence-electron chi connectivity index (χ1n) is 6.19. The molecule has 0 saturated heterocycles. The van der Waals surface area contributed by atoms with Crippen molar-refractivity contribution >= 4 is 24.9 Å². The Morgan fingerprint density at radius 1 is 1.52 bits per heavy atom. The highest BCUT2D eigenvalue weighted by atomic mass is 31.2. The largest absolute Gasteiger partial charge is 0.790 e. The quantitative estimate of drug-likeness (QED) is 0.347. The predicted octanol–water partition coefficient (Wildman–Crippen LogP) is -2.24. The van der Waals surface area contributed by atoms with Crippen molar-refractivity contribution in [2.24, 2.45) is 7.05 Å². The summed E-state index contributed by atoms with van der Waals surface area (Å²) in [6.07, 6.45) is 2.63. The van der Waals surface area contributed by atoms with Crippen LogP contribution in [-0.2, 0) is 22.7 Å². The van der Waals surface area contributed by atoms with Crippen LogP contribution in [0.25, 0.3) is 11.2 Å². The number of phosphoric acid groups is 1. The van der Waals surface area contributed by atoms with E-state index in [4.69, 9.17) is 5.73 Å². The molecule has 0 radical (unpaired) electrons. The number of hydrogen-bond acceptors (Lipinski definition) is 7. The van der Waals surface area contributed by atoms with Gasteiger partial charge in [-0.15, -0.1) is 0 Å². The Morgan fingerprint density at radius 3 is 2.90 bits per heavy atom. The van der Waals surface area contributed by atoms with Gasteiger partial charge >= 0.3 is 5.65 Å². The fourth-order valence-electron chi connectivity index (χ4n) is 2.04. The number of anilines is 1. The Labute approximate surface area is 119 Å². The lowest BCUT2D eigenvalue weighted by Crippen LogP contribution is -2.33. The summed E-state index contributed by atoms with van der Waals surface area (Å²) in [5.74, 6) is 0.0226. The van der Waals surface area contributed by atoms with Crippen molar-refractivity contribution in [3.8, 4) is 0 Å². The Kier molecular flexibility index (Phi) is 4.43. The molecule has 0 aromatic carbocycles. The molecule has 116 valence electrons. The van der Waals surface area contributed by atoms with Gasteiger partial charge in [-0.3, -0.25) is 14.3 Å². The fourth-order valence-corrected chi connectivity index (χ4v) is 2.39.